The Labute approximate surface area is 104 Å². The Morgan fingerprint density at radius 2 is 1.76 bits per heavy atom. The number of hydrogen-bond donors (Lipinski definition) is 3. The third kappa shape index (κ3) is 7.74. The van der Waals surface area contributed by atoms with Crippen molar-refractivity contribution in [2.24, 2.45) is 11.1 Å². The third-order valence-electron chi connectivity index (χ3n) is 2.57. The lowest BCUT2D eigenvalue weighted by atomic mass is 9.85. The number of carbonyl (C=O) groups is 2. The van der Waals surface area contributed by atoms with Crippen molar-refractivity contribution in [1.82, 2.24) is 10.6 Å². The molecule has 1 unspecified atom stereocenters. The van der Waals surface area contributed by atoms with E-state index in [2.05, 4.69) is 10.6 Å². The van der Waals surface area contributed by atoms with Crippen LogP contribution in [-0.2, 0) is 9.59 Å². The lowest BCUT2D eigenvalue weighted by Gasteiger charge is -2.26. The molecule has 100 valence electrons. The van der Waals surface area contributed by atoms with E-state index >= 15 is 0 Å². The van der Waals surface area contributed by atoms with Crippen LogP contribution in [-0.4, -0.2) is 30.9 Å². The Balaban J connectivity index is 3.78. The summed E-state index contributed by atoms with van der Waals surface area (Å²) in [6.07, 6.45) is 0.600. The summed E-state index contributed by atoms with van der Waals surface area (Å²) in [5.41, 5.74) is 5.80. The first-order chi connectivity index (χ1) is 7.77. The van der Waals surface area contributed by atoms with Crippen LogP contribution in [0.3, 0.4) is 0 Å². The van der Waals surface area contributed by atoms with Gasteiger partial charge < -0.3 is 16.4 Å². The molecule has 0 saturated carbocycles. The topological polar surface area (TPSA) is 84.2 Å². The van der Waals surface area contributed by atoms with Crippen molar-refractivity contribution in [3.8, 4) is 0 Å². The van der Waals surface area contributed by atoms with E-state index in [0.717, 1.165) is 0 Å². The predicted molar refractivity (Wildman–Crippen MR) is 68.4 cm³/mol. The molecular weight excluding hydrogens is 218 g/mol. The molecule has 0 spiro atoms. The molecule has 0 aliphatic carbocycles. The van der Waals surface area contributed by atoms with Crippen molar-refractivity contribution in [1.29, 1.82) is 0 Å². The van der Waals surface area contributed by atoms with Crippen LogP contribution in [0.4, 0.5) is 0 Å². The summed E-state index contributed by atoms with van der Waals surface area (Å²) in [5, 5.41) is 5.36. The second-order valence-electron chi connectivity index (χ2n) is 5.23. The summed E-state index contributed by atoms with van der Waals surface area (Å²) in [5.74, 6) is -0.148. The van der Waals surface area contributed by atoms with Gasteiger partial charge in [0, 0.05) is 32.0 Å². The second-order valence-corrected chi connectivity index (χ2v) is 5.23. The van der Waals surface area contributed by atoms with E-state index in [9.17, 15) is 9.59 Å². The Morgan fingerprint density at radius 3 is 2.24 bits per heavy atom. The van der Waals surface area contributed by atoms with Gasteiger partial charge in [-0.2, -0.15) is 0 Å². The van der Waals surface area contributed by atoms with Crippen LogP contribution < -0.4 is 16.4 Å². The van der Waals surface area contributed by atoms with E-state index in [1.807, 2.05) is 27.7 Å². The monoisotopic (exact) mass is 243 g/mol. The Morgan fingerprint density at radius 1 is 1.18 bits per heavy atom. The maximum absolute atomic E-state index is 11.5. The van der Waals surface area contributed by atoms with E-state index in [4.69, 9.17) is 5.73 Å². The highest BCUT2D eigenvalue weighted by atomic mass is 16.2. The number of rotatable bonds is 6. The summed E-state index contributed by atoms with van der Waals surface area (Å²) < 4.78 is 0. The molecule has 0 aromatic carbocycles. The number of nitrogens with two attached hydrogens (primary N) is 1. The molecule has 5 nitrogen and oxygen atoms in total. The summed E-state index contributed by atoms with van der Waals surface area (Å²) in [6.45, 7) is 8.83. The van der Waals surface area contributed by atoms with Gasteiger partial charge in [-0.1, -0.05) is 20.8 Å². The molecule has 2 amide bonds. The van der Waals surface area contributed by atoms with Gasteiger partial charge in [-0.25, -0.2) is 0 Å². The van der Waals surface area contributed by atoms with Crippen LogP contribution in [0.2, 0.25) is 0 Å². The van der Waals surface area contributed by atoms with Gasteiger partial charge in [0.2, 0.25) is 11.8 Å². The Kier molecular flexibility index (Phi) is 6.80. The molecule has 4 N–H and O–H groups in total. The van der Waals surface area contributed by atoms with E-state index in [-0.39, 0.29) is 23.3 Å². The largest absolute Gasteiger partial charge is 0.356 e. The molecule has 0 heterocycles. The number of nitrogens with one attached hydrogen (secondary N) is 2. The molecule has 0 rings (SSSR count). The molecule has 1 atom stereocenters. The fourth-order valence-corrected chi connectivity index (χ4v) is 1.18. The summed E-state index contributed by atoms with van der Waals surface area (Å²) in [4.78, 5) is 22.6. The van der Waals surface area contributed by atoms with Crippen molar-refractivity contribution >= 4 is 11.8 Å². The lowest BCUT2D eigenvalue weighted by Crippen LogP contribution is -2.40. The maximum atomic E-state index is 11.5. The first-order valence-corrected chi connectivity index (χ1v) is 6.06. The average Bonchev–Trinajstić information content (AvgIpc) is 2.16. The van der Waals surface area contributed by atoms with Gasteiger partial charge in [0.15, 0.2) is 0 Å². The zero-order valence-electron chi connectivity index (χ0n) is 11.3. The van der Waals surface area contributed by atoms with Crippen molar-refractivity contribution in [2.45, 2.75) is 46.6 Å². The summed E-state index contributed by atoms with van der Waals surface area (Å²) >= 11 is 0. The minimum atomic E-state index is -0.174. The van der Waals surface area contributed by atoms with Crippen LogP contribution in [0.25, 0.3) is 0 Å². The minimum absolute atomic E-state index is 0.0482. The van der Waals surface area contributed by atoms with Gasteiger partial charge in [-0.3, -0.25) is 9.59 Å². The molecule has 0 fully saturated rings. The maximum Gasteiger partial charge on any atom is 0.221 e. The van der Waals surface area contributed by atoms with E-state index < -0.39 is 0 Å². The summed E-state index contributed by atoms with van der Waals surface area (Å²) in [6, 6.07) is -0.174. The molecule has 0 aliphatic rings. The number of carbonyl (C=O) groups excluding carboxylic acids is 2. The molecule has 0 aliphatic heterocycles. The Bertz CT molecular complexity index is 259. The first kappa shape index (κ1) is 15.9. The fourth-order valence-electron chi connectivity index (χ4n) is 1.18. The van der Waals surface area contributed by atoms with Gasteiger partial charge >= 0.3 is 0 Å². The zero-order chi connectivity index (χ0) is 13.5. The molecular formula is C12H25N3O2. The van der Waals surface area contributed by atoms with Gasteiger partial charge in [0.05, 0.1) is 0 Å². The van der Waals surface area contributed by atoms with Crippen LogP contribution >= 0.6 is 0 Å². The van der Waals surface area contributed by atoms with Gasteiger partial charge in [0.1, 0.15) is 0 Å². The van der Waals surface area contributed by atoms with E-state index in [1.54, 1.807) is 0 Å². The van der Waals surface area contributed by atoms with Crippen molar-refractivity contribution in [3.63, 3.8) is 0 Å². The predicted octanol–water partition coefficient (Wildman–Crippen LogP) is 0.392. The summed E-state index contributed by atoms with van der Waals surface area (Å²) in [7, 11) is 0. The smallest absolute Gasteiger partial charge is 0.221 e. The quantitative estimate of drug-likeness (QED) is 0.631. The van der Waals surface area contributed by atoms with E-state index in [0.29, 0.717) is 25.9 Å². The zero-order valence-corrected chi connectivity index (χ0v) is 11.3. The minimum Gasteiger partial charge on any atom is -0.356 e. The third-order valence-corrected chi connectivity index (χ3v) is 2.57. The molecule has 0 radical (unpaired) electrons. The molecule has 17 heavy (non-hydrogen) atoms. The van der Waals surface area contributed by atoms with Crippen LogP contribution in [0.15, 0.2) is 0 Å². The average molecular weight is 243 g/mol. The number of hydrogen-bond acceptors (Lipinski definition) is 3. The lowest BCUT2D eigenvalue weighted by molar-refractivity contribution is -0.122. The normalized spacial score (nSPS) is 13.0. The van der Waals surface area contributed by atoms with Gasteiger partial charge in [-0.05, 0) is 12.3 Å². The molecule has 0 saturated heterocycles. The second kappa shape index (κ2) is 7.27. The van der Waals surface area contributed by atoms with Gasteiger partial charge in [-0.15, -0.1) is 0 Å². The molecule has 5 heteroatoms. The first-order valence-electron chi connectivity index (χ1n) is 6.06. The van der Waals surface area contributed by atoms with Crippen molar-refractivity contribution in [3.05, 3.63) is 0 Å². The van der Waals surface area contributed by atoms with E-state index in [1.165, 1.54) is 0 Å². The molecule has 0 bridgehead atoms. The molecule has 0 aromatic rings. The highest BCUT2D eigenvalue weighted by Crippen LogP contribution is 2.19. The highest BCUT2D eigenvalue weighted by molar-refractivity contribution is 5.79. The SMILES string of the molecule is CCNC(=O)CCNC(=O)CC(N)C(C)(C)C. The van der Waals surface area contributed by atoms with Crippen LogP contribution in [0, 0.1) is 5.41 Å². The standard InChI is InChI=1S/C12H25N3O2/c1-5-14-10(16)6-7-15-11(17)8-9(13)12(2,3)4/h9H,5-8,13H2,1-4H3,(H,14,16)(H,15,17). The Hall–Kier alpha value is -1.10. The highest BCUT2D eigenvalue weighted by Gasteiger charge is 2.22. The van der Waals surface area contributed by atoms with Crippen molar-refractivity contribution < 1.29 is 9.59 Å². The molecule has 0 aromatic heterocycles. The fraction of sp³-hybridized carbons (Fsp3) is 0.833. The van der Waals surface area contributed by atoms with Gasteiger partial charge in [0.25, 0.3) is 0 Å². The van der Waals surface area contributed by atoms with Crippen molar-refractivity contribution in [2.75, 3.05) is 13.1 Å². The number of amides is 2. The van der Waals surface area contributed by atoms with Crippen LogP contribution in [0.1, 0.15) is 40.5 Å². The van der Waals surface area contributed by atoms with Crippen LogP contribution in [0.5, 0.6) is 0 Å².